The number of hydrogen-bond donors (Lipinski definition) is 0. The summed E-state index contributed by atoms with van der Waals surface area (Å²) in [5.41, 5.74) is 3.98. The first kappa shape index (κ1) is 15.2. The molecule has 22 heavy (non-hydrogen) atoms. The zero-order valence-electron chi connectivity index (χ0n) is 12.4. The minimum absolute atomic E-state index is 0.132. The van der Waals surface area contributed by atoms with Crippen LogP contribution in [0.15, 0.2) is 40.6 Å². The molecule has 0 aliphatic heterocycles. The van der Waals surface area contributed by atoms with E-state index in [1.165, 1.54) is 15.4 Å². The van der Waals surface area contributed by atoms with Crippen LogP contribution in [0.3, 0.4) is 0 Å². The van der Waals surface area contributed by atoms with E-state index in [-0.39, 0.29) is 10.9 Å². The highest BCUT2D eigenvalue weighted by Crippen LogP contribution is 2.30. The quantitative estimate of drug-likeness (QED) is 0.788. The normalized spacial score (nSPS) is 13.9. The van der Waals surface area contributed by atoms with E-state index in [4.69, 9.17) is 0 Å². The number of fused-ring (bicyclic) bond motifs is 1. The van der Waals surface area contributed by atoms with Gasteiger partial charge in [-0.15, -0.1) is 17.9 Å². The number of rotatable bonds is 5. The molecule has 1 aliphatic carbocycles. The van der Waals surface area contributed by atoms with Crippen molar-refractivity contribution in [2.24, 2.45) is 0 Å². The third-order valence-corrected chi connectivity index (χ3v) is 6.92. The maximum atomic E-state index is 12.9. The van der Waals surface area contributed by atoms with Crippen molar-refractivity contribution in [2.45, 2.75) is 30.5 Å². The van der Waals surface area contributed by atoms with Crippen LogP contribution in [-0.2, 0) is 22.9 Å². The smallest absolute Gasteiger partial charge is 0.261 e. The summed E-state index contributed by atoms with van der Waals surface area (Å²) < 4.78 is 27.2. The van der Waals surface area contributed by atoms with Crippen LogP contribution >= 0.6 is 11.3 Å². The molecule has 4 nitrogen and oxygen atoms in total. The second kappa shape index (κ2) is 5.85. The SMILES string of the molecule is C=CCN(c1ccc2c(c1)CCC2)S(=O)(=O)c1nc(C)cs1. The summed E-state index contributed by atoms with van der Waals surface area (Å²) >= 11 is 1.16. The van der Waals surface area contributed by atoms with Crippen LogP contribution in [0.5, 0.6) is 0 Å². The first-order chi connectivity index (χ1) is 10.5. The molecule has 2 aromatic rings. The van der Waals surface area contributed by atoms with E-state index >= 15 is 0 Å². The summed E-state index contributed by atoms with van der Waals surface area (Å²) in [6.07, 6.45) is 4.83. The van der Waals surface area contributed by atoms with Gasteiger partial charge in [-0.25, -0.2) is 4.98 Å². The molecule has 0 N–H and O–H groups in total. The number of anilines is 1. The van der Waals surface area contributed by atoms with Crippen LogP contribution in [0, 0.1) is 6.92 Å². The molecule has 6 heteroatoms. The fourth-order valence-electron chi connectivity index (χ4n) is 2.72. The molecule has 0 unspecified atom stereocenters. The van der Waals surface area contributed by atoms with Gasteiger partial charge in [-0.1, -0.05) is 12.1 Å². The Bertz CT molecular complexity index is 809. The maximum absolute atomic E-state index is 12.9. The maximum Gasteiger partial charge on any atom is 0.291 e. The molecule has 1 heterocycles. The Morgan fingerprint density at radius 1 is 1.36 bits per heavy atom. The van der Waals surface area contributed by atoms with E-state index in [9.17, 15) is 8.42 Å². The molecule has 0 fully saturated rings. The summed E-state index contributed by atoms with van der Waals surface area (Å²) in [5.74, 6) is 0. The van der Waals surface area contributed by atoms with Crippen molar-refractivity contribution >= 4 is 27.0 Å². The lowest BCUT2D eigenvalue weighted by atomic mass is 10.1. The van der Waals surface area contributed by atoms with Gasteiger partial charge in [0.25, 0.3) is 10.0 Å². The highest BCUT2D eigenvalue weighted by atomic mass is 32.2. The Labute approximate surface area is 135 Å². The summed E-state index contributed by atoms with van der Waals surface area (Å²) in [6.45, 7) is 5.72. The van der Waals surface area contributed by atoms with Crippen molar-refractivity contribution in [1.29, 1.82) is 0 Å². The van der Waals surface area contributed by atoms with E-state index in [0.29, 0.717) is 5.69 Å². The Balaban J connectivity index is 2.04. The molecule has 1 aromatic heterocycles. The molecule has 0 atom stereocenters. The highest BCUT2D eigenvalue weighted by molar-refractivity contribution is 7.94. The van der Waals surface area contributed by atoms with Gasteiger partial charge in [-0.3, -0.25) is 4.31 Å². The molecule has 0 amide bonds. The van der Waals surface area contributed by atoms with Crippen molar-refractivity contribution in [2.75, 3.05) is 10.8 Å². The van der Waals surface area contributed by atoms with E-state index < -0.39 is 10.0 Å². The second-order valence-electron chi connectivity index (χ2n) is 5.39. The molecule has 0 bridgehead atoms. The first-order valence-electron chi connectivity index (χ1n) is 7.20. The number of benzene rings is 1. The predicted octanol–water partition coefficient (Wildman–Crippen LogP) is 3.32. The molecule has 1 aromatic carbocycles. The van der Waals surface area contributed by atoms with Crippen LogP contribution in [0.25, 0.3) is 0 Å². The van der Waals surface area contributed by atoms with Crippen LogP contribution in [-0.4, -0.2) is 19.9 Å². The van der Waals surface area contributed by atoms with E-state index in [2.05, 4.69) is 11.6 Å². The average molecular weight is 334 g/mol. The van der Waals surface area contributed by atoms with Crippen LogP contribution < -0.4 is 4.31 Å². The third-order valence-electron chi connectivity index (χ3n) is 3.77. The fraction of sp³-hybridized carbons (Fsp3) is 0.312. The lowest BCUT2D eigenvalue weighted by molar-refractivity contribution is 0.592. The van der Waals surface area contributed by atoms with Gasteiger partial charge in [0.05, 0.1) is 12.2 Å². The predicted molar refractivity (Wildman–Crippen MR) is 90.0 cm³/mol. The van der Waals surface area contributed by atoms with Crippen LogP contribution in [0.4, 0.5) is 5.69 Å². The minimum atomic E-state index is -3.64. The number of hydrogen-bond acceptors (Lipinski definition) is 4. The lowest BCUT2D eigenvalue weighted by Gasteiger charge is -2.22. The molecule has 0 spiro atoms. The fourth-order valence-corrected chi connectivity index (χ4v) is 5.28. The monoisotopic (exact) mass is 334 g/mol. The van der Waals surface area contributed by atoms with Gasteiger partial charge in [0.1, 0.15) is 0 Å². The molecule has 1 aliphatic rings. The molecular weight excluding hydrogens is 316 g/mol. The number of aromatic nitrogens is 1. The van der Waals surface area contributed by atoms with Gasteiger partial charge in [0.15, 0.2) is 0 Å². The molecule has 116 valence electrons. The molecule has 3 rings (SSSR count). The minimum Gasteiger partial charge on any atom is -0.261 e. The number of aryl methyl sites for hydroxylation is 3. The largest absolute Gasteiger partial charge is 0.291 e. The number of thiazole rings is 1. The van der Waals surface area contributed by atoms with Gasteiger partial charge in [-0.2, -0.15) is 8.42 Å². The lowest BCUT2D eigenvalue weighted by Crippen LogP contribution is -2.31. The van der Waals surface area contributed by atoms with Crippen LogP contribution in [0.2, 0.25) is 0 Å². The Kier molecular flexibility index (Phi) is 4.06. The van der Waals surface area contributed by atoms with E-state index in [1.807, 2.05) is 18.2 Å². The summed E-state index contributed by atoms with van der Waals surface area (Å²) in [7, 11) is -3.64. The van der Waals surface area contributed by atoms with Gasteiger partial charge in [-0.05, 0) is 49.4 Å². The van der Waals surface area contributed by atoms with E-state index in [1.54, 1.807) is 18.4 Å². The molecule has 0 saturated carbocycles. The summed E-state index contributed by atoms with van der Waals surface area (Å²) in [4.78, 5) is 4.14. The average Bonchev–Trinajstić information content (AvgIpc) is 3.12. The van der Waals surface area contributed by atoms with Gasteiger partial charge in [0, 0.05) is 11.1 Å². The summed E-state index contributed by atoms with van der Waals surface area (Å²) in [5, 5.41) is 1.75. The molecular formula is C16H18N2O2S2. The molecule has 0 saturated heterocycles. The molecule has 0 radical (unpaired) electrons. The Morgan fingerprint density at radius 3 is 2.82 bits per heavy atom. The van der Waals surface area contributed by atoms with Crippen molar-refractivity contribution in [3.63, 3.8) is 0 Å². The summed E-state index contributed by atoms with van der Waals surface area (Å²) in [6, 6.07) is 5.91. The van der Waals surface area contributed by atoms with Crippen molar-refractivity contribution in [1.82, 2.24) is 4.98 Å². The zero-order valence-corrected chi connectivity index (χ0v) is 14.1. The number of nitrogens with zero attached hydrogens (tertiary/aromatic N) is 2. The Hall–Kier alpha value is -1.66. The van der Waals surface area contributed by atoms with Crippen molar-refractivity contribution in [3.05, 3.63) is 53.1 Å². The van der Waals surface area contributed by atoms with Gasteiger partial charge in [0.2, 0.25) is 4.34 Å². The second-order valence-corrected chi connectivity index (χ2v) is 8.28. The van der Waals surface area contributed by atoms with Crippen LogP contribution in [0.1, 0.15) is 23.2 Å². The standard InChI is InChI=1S/C16H18N2O2S2/c1-3-9-18(22(19,20)16-17-12(2)11-21-16)15-8-7-13-5-4-6-14(13)10-15/h3,7-8,10-11H,1,4-6,9H2,2H3. The van der Waals surface area contributed by atoms with Crippen molar-refractivity contribution < 1.29 is 8.42 Å². The van der Waals surface area contributed by atoms with E-state index in [0.717, 1.165) is 36.3 Å². The highest BCUT2D eigenvalue weighted by Gasteiger charge is 2.27. The third kappa shape index (κ3) is 2.68. The zero-order chi connectivity index (χ0) is 15.7. The van der Waals surface area contributed by atoms with Gasteiger partial charge >= 0.3 is 0 Å². The van der Waals surface area contributed by atoms with Gasteiger partial charge < -0.3 is 0 Å². The first-order valence-corrected chi connectivity index (χ1v) is 9.52. The number of sulfonamides is 1. The Morgan fingerprint density at radius 2 is 2.14 bits per heavy atom. The topological polar surface area (TPSA) is 50.3 Å². The van der Waals surface area contributed by atoms with Crippen molar-refractivity contribution in [3.8, 4) is 0 Å².